The molecule has 1 aromatic carbocycles. The number of piperazine rings is 1. The molecule has 0 radical (unpaired) electrons. The number of unbranched alkanes of at least 4 members (excludes halogenated alkanes) is 1. The first-order valence-corrected chi connectivity index (χ1v) is 17.7. The van der Waals surface area contributed by atoms with Gasteiger partial charge in [0.15, 0.2) is 12.3 Å². The number of nitrogens with zero attached hydrogens (tertiary/aromatic N) is 5. The quantitative estimate of drug-likeness (QED) is 0.307. The van der Waals surface area contributed by atoms with E-state index in [2.05, 4.69) is 15.7 Å². The third kappa shape index (κ3) is 8.34. The van der Waals surface area contributed by atoms with Gasteiger partial charge in [0.25, 0.3) is 11.8 Å². The monoisotopic (exact) mass is 677 g/mol. The normalized spacial score (nSPS) is 19.9. The lowest BCUT2D eigenvalue weighted by Gasteiger charge is -2.36. The molecule has 264 valence electrons. The number of carbonyl (C=O) groups excluding carboxylic acids is 5. The fourth-order valence-corrected chi connectivity index (χ4v) is 6.47. The number of para-hydroxylation sites is 1. The molecule has 0 bridgehead atoms. The minimum atomic E-state index is -0.721. The van der Waals surface area contributed by atoms with E-state index >= 15 is 0 Å². The highest BCUT2D eigenvalue weighted by molar-refractivity contribution is 5.97. The van der Waals surface area contributed by atoms with E-state index in [9.17, 15) is 24.0 Å². The van der Waals surface area contributed by atoms with Crippen LogP contribution in [-0.4, -0.2) is 118 Å². The molecule has 2 N–H and O–H groups in total. The van der Waals surface area contributed by atoms with Crippen LogP contribution in [-0.2, 0) is 19.1 Å². The van der Waals surface area contributed by atoms with E-state index in [0.717, 1.165) is 51.4 Å². The Labute approximate surface area is 286 Å². The lowest BCUT2D eigenvalue weighted by atomic mass is 9.93. The van der Waals surface area contributed by atoms with Crippen LogP contribution in [0.4, 0.5) is 4.79 Å². The van der Waals surface area contributed by atoms with Gasteiger partial charge in [-0.15, -0.1) is 0 Å². The zero-order valence-electron chi connectivity index (χ0n) is 28.2. The predicted octanol–water partition coefficient (Wildman–Crippen LogP) is 2.50. The lowest BCUT2D eigenvalue weighted by Crippen LogP contribution is -2.56. The van der Waals surface area contributed by atoms with Crippen molar-refractivity contribution in [2.75, 3.05) is 45.9 Å². The summed E-state index contributed by atoms with van der Waals surface area (Å²) in [6.07, 6.45) is 7.42. The van der Waals surface area contributed by atoms with E-state index in [1.807, 2.05) is 25.1 Å². The lowest BCUT2D eigenvalue weighted by molar-refractivity contribution is -0.140. The number of hydrogen-bond acceptors (Lipinski definition) is 8. The third-order valence-electron chi connectivity index (χ3n) is 9.80. The second kappa shape index (κ2) is 15.7. The number of carbonyl (C=O) groups is 5. The van der Waals surface area contributed by atoms with E-state index < -0.39 is 18.0 Å². The molecule has 2 saturated carbocycles. The van der Waals surface area contributed by atoms with Gasteiger partial charge in [0.05, 0.1) is 12.3 Å². The molecule has 2 saturated heterocycles. The van der Waals surface area contributed by atoms with Crippen LogP contribution >= 0.6 is 0 Å². The van der Waals surface area contributed by atoms with Crippen molar-refractivity contribution in [2.24, 2.45) is 5.92 Å². The highest BCUT2D eigenvalue weighted by atomic mass is 16.6. The molecule has 14 nitrogen and oxygen atoms in total. The van der Waals surface area contributed by atoms with Crippen molar-refractivity contribution in [3.05, 3.63) is 42.1 Å². The molecular weight excluding hydrogens is 630 g/mol. The SMILES string of the molecule is CCCCOC(=O)N1CCN(C(=O)C(NC(=O)c2cc(OCC(=O)N3CCCC3C(=O)NC3CCC3)n(-c3ccccc3)n2)C2CC2)CC1. The van der Waals surface area contributed by atoms with Crippen LogP contribution < -0.4 is 15.4 Å². The molecule has 2 aliphatic carbocycles. The average Bonchev–Trinajstić information content (AvgIpc) is 3.65. The number of hydrogen-bond donors (Lipinski definition) is 2. The van der Waals surface area contributed by atoms with Crippen molar-refractivity contribution in [3.63, 3.8) is 0 Å². The number of benzene rings is 1. The third-order valence-corrected chi connectivity index (χ3v) is 9.80. The molecule has 6 rings (SSSR count). The van der Waals surface area contributed by atoms with Crippen LogP contribution in [0.1, 0.15) is 75.2 Å². The van der Waals surface area contributed by atoms with Crippen LogP contribution in [0.3, 0.4) is 0 Å². The first-order chi connectivity index (χ1) is 23.8. The van der Waals surface area contributed by atoms with Crippen molar-refractivity contribution in [1.82, 2.24) is 35.1 Å². The van der Waals surface area contributed by atoms with Crippen molar-refractivity contribution in [1.29, 1.82) is 0 Å². The van der Waals surface area contributed by atoms with Gasteiger partial charge in [-0.25, -0.2) is 9.48 Å². The summed E-state index contributed by atoms with van der Waals surface area (Å²) < 4.78 is 12.8. The number of ether oxygens (including phenoxy) is 2. The van der Waals surface area contributed by atoms with Gasteiger partial charge in [-0.2, -0.15) is 5.10 Å². The molecule has 4 aliphatic rings. The van der Waals surface area contributed by atoms with Crippen molar-refractivity contribution < 1.29 is 33.4 Å². The zero-order chi connectivity index (χ0) is 34.3. The maximum atomic E-state index is 13.6. The summed E-state index contributed by atoms with van der Waals surface area (Å²) in [5.74, 6) is -0.923. The summed E-state index contributed by atoms with van der Waals surface area (Å²) in [6.45, 7) is 4.01. The van der Waals surface area contributed by atoms with Gasteiger partial charge in [0, 0.05) is 44.8 Å². The maximum absolute atomic E-state index is 13.6. The molecular formula is C35H47N7O7. The van der Waals surface area contributed by atoms with Gasteiger partial charge in [-0.1, -0.05) is 31.5 Å². The van der Waals surface area contributed by atoms with Crippen LogP contribution in [0.25, 0.3) is 5.69 Å². The number of rotatable bonds is 13. The Bertz CT molecular complexity index is 1500. The van der Waals surface area contributed by atoms with Crippen molar-refractivity contribution >= 4 is 29.7 Å². The van der Waals surface area contributed by atoms with Gasteiger partial charge < -0.3 is 34.8 Å². The Balaban J connectivity index is 1.09. The van der Waals surface area contributed by atoms with Gasteiger partial charge in [0.2, 0.25) is 17.7 Å². The Hall–Kier alpha value is -4.62. The predicted molar refractivity (Wildman–Crippen MR) is 178 cm³/mol. The number of likely N-dealkylation sites (tertiary alicyclic amines) is 1. The molecule has 2 aromatic rings. The zero-order valence-corrected chi connectivity index (χ0v) is 28.2. The molecule has 4 fully saturated rings. The van der Waals surface area contributed by atoms with Gasteiger partial charge in [-0.05, 0) is 69.4 Å². The molecule has 1 aromatic heterocycles. The summed E-state index contributed by atoms with van der Waals surface area (Å²) in [4.78, 5) is 70.7. The second-order valence-corrected chi connectivity index (χ2v) is 13.4. The molecule has 3 heterocycles. The number of nitrogens with one attached hydrogen (secondary N) is 2. The Morgan fingerprint density at radius 1 is 0.918 bits per heavy atom. The molecule has 2 unspecified atom stereocenters. The molecule has 14 heteroatoms. The van der Waals surface area contributed by atoms with E-state index in [0.29, 0.717) is 51.4 Å². The summed E-state index contributed by atoms with van der Waals surface area (Å²) in [5, 5.41) is 10.5. The summed E-state index contributed by atoms with van der Waals surface area (Å²) in [7, 11) is 0. The van der Waals surface area contributed by atoms with Gasteiger partial charge in [-0.3, -0.25) is 19.2 Å². The van der Waals surface area contributed by atoms with Crippen molar-refractivity contribution in [3.8, 4) is 11.6 Å². The molecule has 2 atom stereocenters. The van der Waals surface area contributed by atoms with Gasteiger partial charge >= 0.3 is 6.09 Å². The highest BCUT2D eigenvalue weighted by Gasteiger charge is 2.41. The van der Waals surface area contributed by atoms with Crippen LogP contribution in [0.2, 0.25) is 0 Å². The van der Waals surface area contributed by atoms with Gasteiger partial charge in [0.1, 0.15) is 12.1 Å². The van der Waals surface area contributed by atoms with E-state index in [-0.39, 0.29) is 54.0 Å². The highest BCUT2D eigenvalue weighted by Crippen LogP contribution is 2.34. The van der Waals surface area contributed by atoms with Crippen molar-refractivity contribution in [2.45, 2.75) is 82.8 Å². The van der Waals surface area contributed by atoms with E-state index in [1.165, 1.54) is 10.7 Å². The average molecular weight is 678 g/mol. The first kappa shape index (κ1) is 34.3. The topological polar surface area (TPSA) is 155 Å². The Kier molecular flexibility index (Phi) is 11.0. The fraction of sp³-hybridized carbons (Fsp3) is 0.600. The molecule has 0 spiro atoms. The standard InChI is InChI=1S/C35H47N7O7/c1-2-3-21-48-35(47)40-19-17-39(18-20-40)34(46)31(24-14-15-24)37-32(44)27-22-30(42(38-27)26-11-5-4-6-12-26)49-23-29(43)41-16-8-13-28(41)33(45)36-25-9-7-10-25/h4-6,11-12,22,24-25,28,31H,2-3,7-10,13-21,23H2,1H3,(H,36,45)(H,37,44). The second-order valence-electron chi connectivity index (χ2n) is 13.4. The van der Waals surface area contributed by atoms with Crippen LogP contribution in [0, 0.1) is 5.92 Å². The van der Waals surface area contributed by atoms with Crippen LogP contribution in [0.15, 0.2) is 36.4 Å². The smallest absolute Gasteiger partial charge is 0.409 e. The first-order valence-electron chi connectivity index (χ1n) is 17.7. The fourth-order valence-electron chi connectivity index (χ4n) is 6.47. The Morgan fingerprint density at radius 3 is 2.33 bits per heavy atom. The maximum Gasteiger partial charge on any atom is 0.409 e. The minimum Gasteiger partial charge on any atom is -0.467 e. The number of aromatic nitrogens is 2. The molecule has 2 aliphatic heterocycles. The molecule has 5 amide bonds. The largest absolute Gasteiger partial charge is 0.467 e. The van der Waals surface area contributed by atoms with E-state index in [1.54, 1.807) is 26.8 Å². The van der Waals surface area contributed by atoms with Crippen LogP contribution in [0.5, 0.6) is 5.88 Å². The summed E-state index contributed by atoms with van der Waals surface area (Å²) in [6, 6.07) is 9.54. The number of amides is 5. The summed E-state index contributed by atoms with van der Waals surface area (Å²) in [5.41, 5.74) is 0.673. The summed E-state index contributed by atoms with van der Waals surface area (Å²) >= 11 is 0. The minimum absolute atomic E-state index is 0.0212. The van der Waals surface area contributed by atoms with E-state index in [4.69, 9.17) is 9.47 Å². The Morgan fingerprint density at radius 2 is 1.65 bits per heavy atom. The molecule has 49 heavy (non-hydrogen) atoms.